The highest BCUT2D eigenvalue weighted by Crippen LogP contribution is 2.36. The molecule has 0 atom stereocenters. The average Bonchev–Trinajstić information content (AvgIpc) is 3.37. The summed E-state index contributed by atoms with van der Waals surface area (Å²) >= 11 is 0. The number of fused-ring (bicyclic) bond motifs is 3. The second-order valence-electron chi connectivity index (χ2n) is 6.44. The maximum absolute atomic E-state index is 12.2. The van der Waals surface area contributed by atoms with E-state index in [1.54, 1.807) is 24.5 Å². The Morgan fingerprint density at radius 1 is 1.03 bits per heavy atom. The fourth-order valence-corrected chi connectivity index (χ4v) is 3.10. The molecule has 0 saturated carbocycles. The summed E-state index contributed by atoms with van der Waals surface area (Å²) in [5.74, 6) is 0.234. The third-order valence-electron chi connectivity index (χ3n) is 4.49. The van der Waals surface area contributed by atoms with Crippen molar-refractivity contribution in [2.45, 2.75) is 12.8 Å². The van der Waals surface area contributed by atoms with Gasteiger partial charge in [-0.05, 0) is 24.3 Å². The zero-order chi connectivity index (χ0) is 20.2. The minimum absolute atomic E-state index is 0.134. The number of aryl methyl sites for hydroxylation is 1. The van der Waals surface area contributed by atoms with Crippen LogP contribution in [-0.2, 0) is 20.7 Å². The molecule has 4 aromatic rings. The van der Waals surface area contributed by atoms with Gasteiger partial charge in [-0.3, -0.25) is 9.59 Å². The lowest BCUT2D eigenvalue weighted by Crippen LogP contribution is -2.21. The number of anilines is 1. The lowest BCUT2D eigenvalue weighted by Gasteiger charge is -2.10. The monoisotopic (exact) mass is 393 g/mol. The topological polar surface area (TPSA) is 90.9 Å². The minimum Gasteiger partial charge on any atom is -0.495 e. The summed E-state index contributed by atoms with van der Waals surface area (Å²) in [4.78, 5) is 24.0. The summed E-state index contributed by atoms with van der Waals surface area (Å²) in [6.45, 7) is -0.391. The van der Waals surface area contributed by atoms with Crippen LogP contribution in [0, 0.1) is 0 Å². The summed E-state index contributed by atoms with van der Waals surface area (Å²) in [6.07, 6.45) is 2.10. The van der Waals surface area contributed by atoms with Gasteiger partial charge in [-0.25, -0.2) is 0 Å². The number of carbonyl (C=O) groups excluding carboxylic acids is 2. The number of nitrogens with one attached hydrogen (secondary N) is 1. The number of para-hydroxylation sites is 1. The van der Waals surface area contributed by atoms with Gasteiger partial charge in [0.2, 0.25) is 0 Å². The number of hydrogen-bond donors (Lipinski definition) is 1. The highest BCUT2D eigenvalue weighted by Gasteiger charge is 2.15. The van der Waals surface area contributed by atoms with Crippen molar-refractivity contribution in [3.8, 4) is 5.75 Å². The summed E-state index contributed by atoms with van der Waals surface area (Å²) in [5.41, 5.74) is 1.81. The van der Waals surface area contributed by atoms with E-state index < -0.39 is 18.5 Å². The van der Waals surface area contributed by atoms with Crippen molar-refractivity contribution in [3.05, 3.63) is 60.6 Å². The Hall–Kier alpha value is -3.74. The second-order valence-corrected chi connectivity index (χ2v) is 6.44. The second kappa shape index (κ2) is 8.10. The molecular weight excluding hydrogens is 374 g/mol. The lowest BCUT2D eigenvalue weighted by molar-refractivity contribution is -0.147. The molecule has 0 saturated heterocycles. The number of hydrogen-bond acceptors (Lipinski definition) is 6. The van der Waals surface area contributed by atoms with Gasteiger partial charge < -0.3 is 23.6 Å². The molecule has 148 valence electrons. The molecule has 1 N–H and O–H groups in total. The van der Waals surface area contributed by atoms with Gasteiger partial charge in [0.05, 0.1) is 25.5 Å². The van der Waals surface area contributed by atoms with E-state index in [4.69, 9.17) is 18.3 Å². The maximum Gasteiger partial charge on any atom is 0.306 e. The summed E-state index contributed by atoms with van der Waals surface area (Å²) in [5, 5.41) is 4.55. The Labute approximate surface area is 166 Å². The Morgan fingerprint density at radius 2 is 1.90 bits per heavy atom. The first-order valence-corrected chi connectivity index (χ1v) is 9.11. The molecule has 2 heterocycles. The summed E-state index contributed by atoms with van der Waals surface area (Å²) in [7, 11) is 1.52. The van der Waals surface area contributed by atoms with Gasteiger partial charge in [0.15, 0.2) is 6.61 Å². The van der Waals surface area contributed by atoms with E-state index in [1.165, 1.54) is 7.11 Å². The zero-order valence-corrected chi connectivity index (χ0v) is 15.8. The molecule has 1 amide bonds. The SMILES string of the molecule is COc1cc2c(cc1NC(=O)COC(=O)CCc1ccco1)oc1ccccc12. The summed E-state index contributed by atoms with van der Waals surface area (Å²) in [6, 6.07) is 14.7. The zero-order valence-electron chi connectivity index (χ0n) is 15.8. The molecule has 2 aromatic carbocycles. The minimum atomic E-state index is -0.476. The van der Waals surface area contributed by atoms with Crippen LogP contribution in [0.2, 0.25) is 0 Å². The number of methoxy groups -OCH3 is 1. The Kier molecular flexibility index (Phi) is 5.20. The van der Waals surface area contributed by atoms with Gasteiger partial charge in [0.1, 0.15) is 22.7 Å². The molecule has 0 spiro atoms. The predicted octanol–water partition coefficient (Wildman–Crippen LogP) is 4.30. The van der Waals surface area contributed by atoms with Crippen LogP contribution in [0.5, 0.6) is 5.75 Å². The smallest absolute Gasteiger partial charge is 0.306 e. The number of carbonyl (C=O) groups is 2. The van der Waals surface area contributed by atoms with Gasteiger partial charge in [-0.15, -0.1) is 0 Å². The molecule has 0 aliphatic carbocycles. The number of ether oxygens (including phenoxy) is 2. The number of esters is 1. The number of rotatable bonds is 7. The molecule has 0 bridgehead atoms. The van der Waals surface area contributed by atoms with Gasteiger partial charge in [0, 0.05) is 23.3 Å². The molecule has 0 radical (unpaired) electrons. The molecule has 7 heteroatoms. The largest absolute Gasteiger partial charge is 0.495 e. The molecule has 0 aliphatic rings. The van der Waals surface area contributed by atoms with Crippen LogP contribution in [0.15, 0.2) is 63.6 Å². The van der Waals surface area contributed by atoms with Crippen LogP contribution in [0.3, 0.4) is 0 Å². The van der Waals surface area contributed by atoms with Crippen molar-refractivity contribution in [1.29, 1.82) is 0 Å². The lowest BCUT2D eigenvalue weighted by atomic mass is 10.1. The predicted molar refractivity (Wildman–Crippen MR) is 107 cm³/mol. The Bertz CT molecular complexity index is 1160. The van der Waals surface area contributed by atoms with Crippen LogP contribution in [0.25, 0.3) is 21.9 Å². The van der Waals surface area contributed by atoms with E-state index in [1.807, 2.05) is 30.3 Å². The Balaban J connectivity index is 1.41. The molecule has 0 aliphatic heterocycles. The van der Waals surface area contributed by atoms with E-state index in [-0.39, 0.29) is 6.42 Å². The standard InChI is InChI=1S/C22H19NO6/c1-26-20-11-16-15-6-2-3-7-18(15)29-19(16)12-17(20)23-21(24)13-28-22(25)9-8-14-5-4-10-27-14/h2-7,10-12H,8-9,13H2,1H3,(H,23,24). The molecule has 29 heavy (non-hydrogen) atoms. The number of furan rings is 2. The fraction of sp³-hybridized carbons (Fsp3) is 0.182. The first kappa shape index (κ1) is 18.6. The third kappa shape index (κ3) is 4.08. The van der Waals surface area contributed by atoms with Crippen molar-refractivity contribution >= 4 is 39.5 Å². The van der Waals surface area contributed by atoms with Crippen LogP contribution < -0.4 is 10.1 Å². The normalized spacial score (nSPS) is 10.9. The quantitative estimate of drug-likeness (QED) is 0.471. The highest BCUT2D eigenvalue weighted by atomic mass is 16.5. The van der Waals surface area contributed by atoms with E-state index >= 15 is 0 Å². The molecule has 7 nitrogen and oxygen atoms in total. The van der Waals surface area contributed by atoms with Gasteiger partial charge in [-0.1, -0.05) is 18.2 Å². The van der Waals surface area contributed by atoms with Crippen molar-refractivity contribution in [1.82, 2.24) is 0 Å². The van der Waals surface area contributed by atoms with Crippen LogP contribution in [0.1, 0.15) is 12.2 Å². The Morgan fingerprint density at radius 3 is 2.69 bits per heavy atom. The molecule has 4 rings (SSSR count). The third-order valence-corrected chi connectivity index (χ3v) is 4.49. The molecule has 2 aromatic heterocycles. The maximum atomic E-state index is 12.2. The molecular formula is C22H19NO6. The van der Waals surface area contributed by atoms with E-state index in [0.717, 1.165) is 16.4 Å². The van der Waals surface area contributed by atoms with Crippen LogP contribution in [0.4, 0.5) is 5.69 Å². The molecule has 0 unspecified atom stereocenters. The first-order chi connectivity index (χ1) is 14.1. The van der Waals surface area contributed by atoms with Crippen LogP contribution in [-0.4, -0.2) is 25.6 Å². The van der Waals surface area contributed by atoms with Crippen LogP contribution >= 0.6 is 0 Å². The van der Waals surface area contributed by atoms with Crippen molar-refractivity contribution < 1.29 is 27.9 Å². The summed E-state index contributed by atoms with van der Waals surface area (Å²) < 4.78 is 21.4. The number of benzene rings is 2. The van der Waals surface area contributed by atoms with Gasteiger partial charge in [-0.2, -0.15) is 0 Å². The van der Waals surface area contributed by atoms with Crippen molar-refractivity contribution in [3.63, 3.8) is 0 Å². The van der Waals surface area contributed by atoms with E-state index in [9.17, 15) is 9.59 Å². The number of amides is 1. The molecule has 0 fully saturated rings. The highest BCUT2D eigenvalue weighted by molar-refractivity contribution is 6.07. The first-order valence-electron chi connectivity index (χ1n) is 9.11. The van der Waals surface area contributed by atoms with Crippen molar-refractivity contribution in [2.24, 2.45) is 0 Å². The van der Waals surface area contributed by atoms with Gasteiger partial charge in [0.25, 0.3) is 5.91 Å². The van der Waals surface area contributed by atoms with E-state index in [2.05, 4.69) is 5.32 Å². The van der Waals surface area contributed by atoms with E-state index in [0.29, 0.717) is 29.2 Å². The fourth-order valence-electron chi connectivity index (χ4n) is 3.10. The van der Waals surface area contributed by atoms with Gasteiger partial charge >= 0.3 is 5.97 Å². The van der Waals surface area contributed by atoms with Crippen molar-refractivity contribution in [2.75, 3.05) is 19.0 Å². The average molecular weight is 393 g/mol.